The van der Waals surface area contributed by atoms with E-state index in [0.29, 0.717) is 18.1 Å². The first-order chi connectivity index (χ1) is 14.7. The molecule has 0 aliphatic heterocycles. The molecule has 0 spiro atoms. The maximum absolute atomic E-state index is 12.3. The number of benzene rings is 1. The van der Waals surface area contributed by atoms with Crippen LogP contribution in [-0.4, -0.2) is 29.8 Å². The second-order valence-corrected chi connectivity index (χ2v) is 7.41. The van der Waals surface area contributed by atoms with Crippen molar-refractivity contribution < 1.29 is 14.3 Å². The predicted octanol–water partition coefficient (Wildman–Crippen LogP) is 4.64. The van der Waals surface area contributed by atoms with Gasteiger partial charge in [0.15, 0.2) is 0 Å². The van der Waals surface area contributed by atoms with Crippen LogP contribution in [0.4, 0.5) is 10.5 Å². The Hall–Kier alpha value is -3.27. The van der Waals surface area contributed by atoms with E-state index in [9.17, 15) is 4.79 Å². The lowest BCUT2D eigenvalue weighted by Gasteiger charge is -2.29. The van der Waals surface area contributed by atoms with Crippen LogP contribution in [0.5, 0.6) is 11.6 Å². The molecule has 2 aromatic rings. The SMILES string of the molecule is CCCCOc1ccc(NC(=O)NC2CCC(Oc3ccc(C#N)cn3)CC2)cc1. The van der Waals surface area contributed by atoms with Gasteiger partial charge in [0.1, 0.15) is 17.9 Å². The Balaban J connectivity index is 1.38. The summed E-state index contributed by atoms with van der Waals surface area (Å²) in [5, 5.41) is 14.7. The number of nitrogens with one attached hydrogen (secondary N) is 2. The molecule has 1 aromatic carbocycles. The normalized spacial score (nSPS) is 18.1. The molecule has 1 saturated carbocycles. The molecule has 0 bridgehead atoms. The number of hydrogen-bond acceptors (Lipinski definition) is 5. The second-order valence-electron chi connectivity index (χ2n) is 7.41. The lowest BCUT2D eigenvalue weighted by molar-refractivity contribution is 0.135. The van der Waals surface area contributed by atoms with Crippen LogP contribution >= 0.6 is 0 Å². The van der Waals surface area contributed by atoms with Gasteiger partial charge >= 0.3 is 6.03 Å². The van der Waals surface area contributed by atoms with E-state index in [-0.39, 0.29) is 18.2 Å². The number of urea groups is 1. The summed E-state index contributed by atoms with van der Waals surface area (Å²) in [6.45, 7) is 2.83. The average Bonchev–Trinajstić information content (AvgIpc) is 2.77. The Bertz CT molecular complexity index is 838. The summed E-state index contributed by atoms with van der Waals surface area (Å²) < 4.78 is 11.5. The lowest BCUT2D eigenvalue weighted by atomic mass is 9.93. The highest BCUT2D eigenvalue weighted by Crippen LogP contribution is 2.23. The summed E-state index contributed by atoms with van der Waals surface area (Å²) in [7, 11) is 0. The molecule has 0 radical (unpaired) electrons. The standard InChI is InChI=1S/C23H28N4O3/c1-2-3-14-29-20-9-5-18(6-10-20)26-23(28)27-19-7-11-21(12-8-19)30-22-13-4-17(15-24)16-25-22/h4-6,9-10,13,16,19,21H,2-3,7-8,11-12,14H2,1H3,(H2,26,27,28). The number of carbonyl (C=O) groups excluding carboxylic acids is 1. The molecule has 2 amide bonds. The zero-order valence-electron chi connectivity index (χ0n) is 17.3. The van der Waals surface area contributed by atoms with Crippen LogP contribution in [0.1, 0.15) is 51.0 Å². The van der Waals surface area contributed by atoms with E-state index in [2.05, 4.69) is 22.5 Å². The number of nitrogens with zero attached hydrogens (tertiary/aromatic N) is 2. The molecule has 7 heteroatoms. The molecule has 0 saturated heterocycles. The number of ether oxygens (including phenoxy) is 2. The predicted molar refractivity (Wildman–Crippen MR) is 115 cm³/mol. The minimum Gasteiger partial charge on any atom is -0.494 e. The van der Waals surface area contributed by atoms with Crippen molar-refractivity contribution in [2.75, 3.05) is 11.9 Å². The van der Waals surface area contributed by atoms with Crippen LogP contribution in [0, 0.1) is 11.3 Å². The minimum atomic E-state index is -0.201. The van der Waals surface area contributed by atoms with E-state index >= 15 is 0 Å². The summed E-state index contributed by atoms with van der Waals surface area (Å²) in [6.07, 6.45) is 7.09. The fourth-order valence-corrected chi connectivity index (χ4v) is 3.33. The Kier molecular flexibility index (Phi) is 7.90. The van der Waals surface area contributed by atoms with Crippen molar-refractivity contribution in [3.63, 3.8) is 0 Å². The summed E-state index contributed by atoms with van der Waals surface area (Å²) in [5.41, 5.74) is 1.25. The van der Waals surface area contributed by atoms with Crippen LogP contribution in [0.25, 0.3) is 0 Å². The third-order valence-corrected chi connectivity index (χ3v) is 5.04. The van der Waals surface area contributed by atoms with Gasteiger partial charge in [-0.3, -0.25) is 0 Å². The first kappa shape index (κ1) is 21.4. The number of rotatable bonds is 8. The molecule has 158 valence electrons. The van der Waals surface area contributed by atoms with E-state index in [1.165, 1.54) is 6.20 Å². The van der Waals surface area contributed by atoms with Gasteiger partial charge in [0.25, 0.3) is 0 Å². The zero-order valence-corrected chi connectivity index (χ0v) is 17.3. The highest BCUT2D eigenvalue weighted by atomic mass is 16.5. The lowest BCUT2D eigenvalue weighted by Crippen LogP contribution is -2.41. The van der Waals surface area contributed by atoms with Crippen LogP contribution in [0.15, 0.2) is 42.6 Å². The minimum absolute atomic E-state index is 0.0757. The van der Waals surface area contributed by atoms with E-state index in [4.69, 9.17) is 14.7 Å². The Labute approximate surface area is 177 Å². The summed E-state index contributed by atoms with van der Waals surface area (Å²) >= 11 is 0. The zero-order chi connectivity index (χ0) is 21.2. The third kappa shape index (κ3) is 6.66. The number of amides is 2. The van der Waals surface area contributed by atoms with Gasteiger partial charge in [0.2, 0.25) is 5.88 Å². The van der Waals surface area contributed by atoms with Crippen LogP contribution < -0.4 is 20.1 Å². The quantitative estimate of drug-likeness (QED) is 0.620. The van der Waals surface area contributed by atoms with Gasteiger partial charge in [-0.1, -0.05) is 13.3 Å². The summed E-state index contributed by atoms with van der Waals surface area (Å²) in [5.74, 6) is 1.34. The van der Waals surface area contributed by atoms with Crippen molar-refractivity contribution in [3.8, 4) is 17.7 Å². The third-order valence-electron chi connectivity index (χ3n) is 5.04. The van der Waals surface area contributed by atoms with Gasteiger partial charge in [-0.25, -0.2) is 9.78 Å². The molecule has 3 rings (SSSR count). The van der Waals surface area contributed by atoms with Gasteiger partial charge < -0.3 is 20.1 Å². The van der Waals surface area contributed by atoms with E-state index in [0.717, 1.165) is 50.0 Å². The molecular formula is C23H28N4O3. The molecule has 1 heterocycles. The van der Waals surface area contributed by atoms with Gasteiger partial charge in [-0.05, 0) is 62.4 Å². The Morgan fingerprint density at radius 2 is 1.93 bits per heavy atom. The van der Waals surface area contributed by atoms with Crippen molar-refractivity contribution in [2.24, 2.45) is 0 Å². The number of anilines is 1. The van der Waals surface area contributed by atoms with Gasteiger partial charge in [-0.15, -0.1) is 0 Å². The van der Waals surface area contributed by atoms with E-state index in [1.54, 1.807) is 12.1 Å². The largest absolute Gasteiger partial charge is 0.494 e. The topological polar surface area (TPSA) is 96.3 Å². The molecule has 0 atom stereocenters. The number of pyridine rings is 1. The highest BCUT2D eigenvalue weighted by Gasteiger charge is 2.24. The van der Waals surface area contributed by atoms with Crippen molar-refractivity contribution in [1.82, 2.24) is 10.3 Å². The van der Waals surface area contributed by atoms with E-state index < -0.39 is 0 Å². The molecule has 7 nitrogen and oxygen atoms in total. The van der Waals surface area contributed by atoms with Gasteiger partial charge in [-0.2, -0.15) is 5.26 Å². The molecular weight excluding hydrogens is 380 g/mol. The number of unbranched alkanes of at least 4 members (excludes halogenated alkanes) is 1. The Morgan fingerprint density at radius 3 is 2.57 bits per heavy atom. The number of aromatic nitrogens is 1. The molecule has 1 aliphatic rings. The van der Waals surface area contributed by atoms with Crippen molar-refractivity contribution in [2.45, 2.75) is 57.6 Å². The Morgan fingerprint density at radius 1 is 1.17 bits per heavy atom. The van der Waals surface area contributed by atoms with Crippen molar-refractivity contribution in [1.29, 1.82) is 5.26 Å². The average molecular weight is 409 g/mol. The van der Waals surface area contributed by atoms with Crippen LogP contribution in [-0.2, 0) is 0 Å². The second kappa shape index (κ2) is 11.1. The first-order valence-electron chi connectivity index (χ1n) is 10.5. The number of carbonyl (C=O) groups is 1. The molecule has 2 N–H and O–H groups in total. The van der Waals surface area contributed by atoms with Crippen molar-refractivity contribution in [3.05, 3.63) is 48.2 Å². The summed E-state index contributed by atoms with van der Waals surface area (Å²) in [6, 6.07) is 12.8. The fourth-order valence-electron chi connectivity index (χ4n) is 3.33. The van der Waals surface area contributed by atoms with Crippen molar-refractivity contribution >= 4 is 11.7 Å². The fraction of sp³-hybridized carbons (Fsp3) is 0.435. The highest BCUT2D eigenvalue weighted by molar-refractivity contribution is 5.89. The maximum atomic E-state index is 12.3. The summed E-state index contributed by atoms with van der Waals surface area (Å²) in [4.78, 5) is 16.4. The monoisotopic (exact) mass is 408 g/mol. The molecule has 30 heavy (non-hydrogen) atoms. The molecule has 1 fully saturated rings. The molecule has 0 unspecified atom stereocenters. The number of hydrogen-bond donors (Lipinski definition) is 2. The molecule has 1 aromatic heterocycles. The number of nitriles is 1. The van der Waals surface area contributed by atoms with Crippen LogP contribution in [0.2, 0.25) is 0 Å². The first-order valence-corrected chi connectivity index (χ1v) is 10.5. The van der Waals surface area contributed by atoms with Gasteiger partial charge in [0, 0.05) is 24.0 Å². The molecule has 1 aliphatic carbocycles. The van der Waals surface area contributed by atoms with Crippen LogP contribution in [0.3, 0.4) is 0 Å². The smallest absolute Gasteiger partial charge is 0.319 e. The maximum Gasteiger partial charge on any atom is 0.319 e. The van der Waals surface area contributed by atoms with E-state index in [1.807, 2.05) is 30.3 Å². The van der Waals surface area contributed by atoms with Gasteiger partial charge in [0.05, 0.1) is 12.2 Å².